The van der Waals surface area contributed by atoms with Crippen LogP contribution in [0.1, 0.15) is 40.0 Å². The maximum atomic E-state index is 12.0. The van der Waals surface area contributed by atoms with E-state index in [-0.39, 0.29) is 35.4 Å². The van der Waals surface area contributed by atoms with Crippen molar-refractivity contribution in [2.24, 2.45) is 23.2 Å². The molecular weight excluding hydrogens is 292 g/mol. The predicted molar refractivity (Wildman–Crippen MR) is 87.7 cm³/mol. The van der Waals surface area contributed by atoms with Gasteiger partial charge in [0.2, 0.25) is 0 Å². The number of ether oxygens (including phenoxy) is 2. The van der Waals surface area contributed by atoms with Gasteiger partial charge in [0, 0.05) is 23.5 Å². The summed E-state index contributed by atoms with van der Waals surface area (Å²) in [5.41, 5.74) is 1.26. The van der Waals surface area contributed by atoms with E-state index in [0.717, 1.165) is 18.4 Å². The first-order valence-corrected chi connectivity index (χ1v) is 8.62. The van der Waals surface area contributed by atoms with Crippen LogP contribution in [0.5, 0.6) is 0 Å². The van der Waals surface area contributed by atoms with Crippen LogP contribution in [0.25, 0.3) is 0 Å². The second-order valence-corrected chi connectivity index (χ2v) is 8.09. The third-order valence-electron chi connectivity index (χ3n) is 5.90. The first-order valence-electron chi connectivity index (χ1n) is 8.62. The van der Waals surface area contributed by atoms with Crippen molar-refractivity contribution in [1.29, 1.82) is 0 Å². The molecule has 3 aliphatic rings. The molecule has 0 aromatic rings. The summed E-state index contributed by atoms with van der Waals surface area (Å²) in [5.74, 6) is -0.181. The van der Waals surface area contributed by atoms with Gasteiger partial charge in [-0.05, 0) is 25.2 Å². The van der Waals surface area contributed by atoms with Crippen molar-refractivity contribution in [3.63, 3.8) is 0 Å². The Labute approximate surface area is 138 Å². The molecule has 0 amide bonds. The Kier molecular flexibility index (Phi) is 4.18. The molecule has 4 nitrogen and oxygen atoms in total. The molecule has 0 aromatic heterocycles. The highest BCUT2D eigenvalue weighted by Crippen LogP contribution is 2.58. The predicted octanol–water partition coefficient (Wildman–Crippen LogP) is 2.86. The van der Waals surface area contributed by atoms with Crippen LogP contribution in [0.15, 0.2) is 24.3 Å². The monoisotopic (exact) mass is 320 g/mol. The van der Waals surface area contributed by atoms with E-state index in [1.807, 2.05) is 0 Å². The van der Waals surface area contributed by atoms with Gasteiger partial charge < -0.3 is 14.6 Å². The van der Waals surface area contributed by atoms with Crippen molar-refractivity contribution in [1.82, 2.24) is 0 Å². The fourth-order valence-electron chi connectivity index (χ4n) is 4.83. The van der Waals surface area contributed by atoms with Crippen LogP contribution in [-0.4, -0.2) is 36.0 Å². The van der Waals surface area contributed by atoms with Crippen LogP contribution in [0.4, 0.5) is 0 Å². The van der Waals surface area contributed by atoms with Crippen LogP contribution >= 0.6 is 0 Å². The Bertz CT molecular complexity index is 537. The molecule has 6 unspecified atom stereocenters. The molecule has 3 fully saturated rings. The highest BCUT2D eigenvalue weighted by atomic mass is 16.6. The van der Waals surface area contributed by atoms with Gasteiger partial charge in [-0.3, -0.25) is 0 Å². The molecule has 4 heteroatoms. The first-order chi connectivity index (χ1) is 10.8. The van der Waals surface area contributed by atoms with E-state index in [1.165, 1.54) is 0 Å². The molecular formula is C19H28O4. The number of hydrogen-bond acceptors (Lipinski definition) is 4. The second-order valence-electron chi connectivity index (χ2n) is 8.09. The number of aliphatic hydroxyl groups excluding tert-OH is 1. The summed E-state index contributed by atoms with van der Waals surface area (Å²) in [4.78, 5) is 12.0. The van der Waals surface area contributed by atoms with Gasteiger partial charge in [0.05, 0.1) is 18.1 Å². The number of aliphatic hydroxyl groups is 1. The highest BCUT2D eigenvalue weighted by Gasteiger charge is 2.61. The number of rotatable bonds is 3. The molecule has 1 N–H and O–H groups in total. The van der Waals surface area contributed by atoms with E-state index >= 15 is 0 Å². The first kappa shape index (κ1) is 16.7. The fraction of sp³-hybridized carbons (Fsp3) is 0.737. The van der Waals surface area contributed by atoms with Crippen LogP contribution in [-0.2, 0) is 14.3 Å². The smallest absolute Gasteiger partial charge is 0.334 e. The van der Waals surface area contributed by atoms with Gasteiger partial charge in [-0.25, -0.2) is 4.79 Å². The molecule has 1 aliphatic heterocycles. The van der Waals surface area contributed by atoms with Crippen LogP contribution in [0, 0.1) is 23.2 Å². The van der Waals surface area contributed by atoms with E-state index in [9.17, 15) is 9.90 Å². The Morgan fingerprint density at radius 1 is 1.43 bits per heavy atom. The van der Waals surface area contributed by atoms with Gasteiger partial charge in [0.25, 0.3) is 0 Å². The lowest BCUT2D eigenvalue weighted by Crippen LogP contribution is -2.58. The standard InChI is InChI=1S/C19H28O4/c1-10(2)9-22-14-7-6-11(3)16-17-15(12(4)18(21)23-17)13(20)8-19(14,16)5/h10,13-17,20H,3-4,6-9H2,1-2,5H3. The van der Waals surface area contributed by atoms with Gasteiger partial charge in [0.1, 0.15) is 6.10 Å². The van der Waals surface area contributed by atoms with E-state index in [1.54, 1.807) is 0 Å². The van der Waals surface area contributed by atoms with Gasteiger partial charge in [-0.1, -0.05) is 39.5 Å². The molecule has 128 valence electrons. The third-order valence-corrected chi connectivity index (χ3v) is 5.90. The number of hydrogen-bond donors (Lipinski definition) is 1. The summed E-state index contributed by atoms with van der Waals surface area (Å²) in [7, 11) is 0. The number of fused-ring (bicyclic) bond motifs is 3. The Hall–Kier alpha value is -1.13. The zero-order valence-electron chi connectivity index (χ0n) is 14.4. The summed E-state index contributed by atoms with van der Waals surface area (Å²) in [5, 5.41) is 10.7. The molecule has 1 heterocycles. The largest absolute Gasteiger partial charge is 0.458 e. The molecule has 0 spiro atoms. The highest BCUT2D eigenvalue weighted by molar-refractivity contribution is 5.91. The van der Waals surface area contributed by atoms with Crippen molar-refractivity contribution < 1.29 is 19.4 Å². The fourth-order valence-corrected chi connectivity index (χ4v) is 4.83. The Balaban J connectivity index is 1.92. The van der Waals surface area contributed by atoms with Gasteiger partial charge in [0.15, 0.2) is 0 Å². The zero-order chi connectivity index (χ0) is 16.9. The Morgan fingerprint density at radius 3 is 2.78 bits per heavy atom. The van der Waals surface area contributed by atoms with Crippen LogP contribution in [0.2, 0.25) is 0 Å². The lowest BCUT2D eigenvalue weighted by Gasteiger charge is -2.55. The minimum Gasteiger partial charge on any atom is -0.458 e. The SMILES string of the molecule is C=C1C(=O)OC2C1C(O)CC1(C)C(OCC(C)C)CCC(=C)C21. The molecule has 23 heavy (non-hydrogen) atoms. The molecule has 3 rings (SSSR count). The lowest BCUT2D eigenvalue weighted by atomic mass is 9.53. The molecule has 0 aromatic carbocycles. The normalized spacial score (nSPS) is 43.3. The van der Waals surface area contributed by atoms with Gasteiger partial charge >= 0.3 is 5.97 Å². The summed E-state index contributed by atoms with van der Waals surface area (Å²) in [6, 6.07) is 0. The van der Waals surface area contributed by atoms with Crippen molar-refractivity contribution in [2.75, 3.05) is 6.61 Å². The average Bonchev–Trinajstić information content (AvgIpc) is 2.73. The van der Waals surface area contributed by atoms with Crippen molar-refractivity contribution in [2.45, 2.75) is 58.3 Å². The van der Waals surface area contributed by atoms with Gasteiger partial charge in [-0.15, -0.1) is 0 Å². The maximum absolute atomic E-state index is 12.0. The van der Waals surface area contributed by atoms with Crippen molar-refractivity contribution in [3.05, 3.63) is 24.3 Å². The number of carbonyl (C=O) groups is 1. The molecule has 2 aliphatic carbocycles. The summed E-state index contributed by atoms with van der Waals surface area (Å²) in [6.45, 7) is 15.2. The molecule has 0 bridgehead atoms. The summed E-state index contributed by atoms with van der Waals surface area (Å²) in [6.07, 6.45) is 1.49. The lowest BCUT2D eigenvalue weighted by molar-refractivity contribution is -0.171. The minimum atomic E-state index is -0.615. The second kappa shape index (κ2) is 5.75. The van der Waals surface area contributed by atoms with E-state index in [4.69, 9.17) is 9.47 Å². The summed E-state index contributed by atoms with van der Waals surface area (Å²) < 4.78 is 11.8. The van der Waals surface area contributed by atoms with Crippen LogP contribution in [0.3, 0.4) is 0 Å². The van der Waals surface area contributed by atoms with E-state index in [2.05, 4.69) is 33.9 Å². The molecule has 0 radical (unpaired) electrons. The molecule has 2 saturated carbocycles. The van der Waals surface area contributed by atoms with Gasteiger partial charge in [-0.2, -0.15) is 0 Å². The quantitative estimate of drug-likeness (QED) is 0.493. The Morgan fingerprint density at radius 2 is 2.13 bits per heavy atom. The molecule has 1 saturated heterocycles. The molecule has 6 atom stereocenters. The van der Waals surface area contributed by atoms with E-state index < -0.39 is 6.10 Å². The zero-order valence-corrected chi connectivity index (χ0v) is 14.4. The minimum absolute atomic E-state index is 0.0324. The third kappa shape index (κ3) is 2.56. The summed E-state index contributed by atoms with van der Waals surface area (Å²) >= 11 is 0. The van der Waals surface area contributed by atoms with E-state index in [0.29, 0.717) is 24.5 Å². The van der Waals surface area contributed by atoms with Crippen molar-refractivity contribution in [3.8, 4) is 0 Å². The van der Waals surface area contributed by atoms with Crippen molar-refractivity contribution >= 4 is 5.97 Å². The average molecular weight is 320 g/mol. The number of esters is 1. The number of carbonyl (C=O) groups excluding carboxylic acids is 1. The van der Waals surface area contributed by atoms with Crippen LogP contribution < -0.4 is 0 Å². The maximum Gasteiger partial charge on any atom is 0.334 e. The topological polar surface area (TPSA) is 55.8 Å².